The van der Waals surface area contributed by atoms with Gasteiger partial charge in [0.05, 0.1) is 16.1 Å². The molecular formula is C13H15ClN2O2S2. The number of anilines is 1. The van der Waals surface area contributed by atoms with Gasteiger partial charge in [0.1, 0.15) is 5.41 Å². The molecule has 2 aromatic heterocycles. The van der Waals surface area contributed by atoms with Crippen LogP contribution in [0.3, 0.4) is 0 Å². The van der Waals surface area contributed by atoms with Gasteiger partial charge in [0.15, 0.2) is 5.13 Å². The Bertz CT molecular complexity index is 621. The highest BCUT2D eigenvalue weighted by molar-refractivity contribution is 7.16. The van der Waals surface area contributed by atoms with Gasteiger partial charge in [0.2, 0.25) is 0 Å². The minimum Gasteiger partial charge on any atom is -0.481 e. The average Bonchev–Trinajstić information content (AvgIpc) is 2.98. The number of rotatable bonds is 5. The highest BCUT2D eigenvalue weighted by Crippen LogP contribution is 2.32. The Hall–Kier alpha value is -1.11. The first-order valence-electron chi connectivity index (χ1n) is 6.02. The van der Waals surface area contributed by atoms with Crippen molar-refractivity contribution in [3.05, 3.63) is 32.4 Å². The lowest BCUT2D eigenvalue weighted by Gasteiger charge is -2.16. The molecule has 2 N–H and O–H groups in total. The minimum absolute atomic E-state index is 0.0828. The molecule has 0 aliphatic heterocycles. The number of aliphatic carboxylic acids is 1. The summed E-state index contributed by atoms with van der Waals surface area (Å²) in [5.41, 5.74) is -0.416. The van der Waals surface area contributed by atoms with Gasteiger partial charge in [-0.1, -0.05) is 11.6 Å². The van der Waals surface area contributed by atoms with Gasteiger partial charge in [-0.05, 0) is 32.9 Å². The van der Waals surface area contributed by atoms with E-state index in [0.717, 1.165) is 9.21 Å². The molecule has 0 saturated heterocycles. The number of hydrogen-bond donors (Lipinski definition) is 2. The number of thiazole rings is 1. The monoisotopic (exact) mass is 330 g/mol. The van der Waals surface area contributed by atoms with E-state index in [1.807, 2.05) is 19.1 Å². The zero-order chi connectivity index (χ0) is 14.9. The van der Waals surface area contributed by atoms with E-state index in [9.17, 15) is 9.90 Å². The second kappa shape index (κ2) is 5.71. The first kappa shape index (κ1) is 15.3. The molecule has 4 nitrogen and oxygen atoms in total. The van der Waals surface area contributed by atoms with Gasteiger partial charge in [-0.2, -0.15) is 0 Å². The van der Waals surface area contributed by atoms with Crippen LogP contribution < -0.4 is 5.32 Å². The van der Waals surface area contributed by atoms with Gasteiger partial charge in [-0.15, -0.1) is 22.7 Å². The second-order valence-electron chi connectivity index (χ2n) is 4.98. The fourth-order valence-corrected chi connectivity index (χ4v) is 3.58. The number of nitrogens with one attached hydrogen (secondary N) is 1. The normalized spacial score (nSPS) is 13.2. The van der Waals surface area contributed by atoms with E-state index < -0.39 is 11.4 Å². The van der Waals surface area contributed by atoms with Crippen molar-refractivity contribution in [1.29, 1.82) is 0 Å². The van der Waals surface area contributed by atoms with E-state index in [0.29, 0.717) is 10.8 Å². The van der Waals surface area contributed by atoms with Crippen LogP contribution in [0.4, 0.5) is 5.13 Å². The Morgan fingerprint density at radius 1 is 1.50 bits per heavy atom. The third kappa shape index (κ3) is 3.13. The molecule has 108 valence electrons. The summed E-state index contributed by atoms with van der Waals surface area (Å²) < 4.78 is 0.750. The summed E-state index contributed by atoms with van der Waals surface area (Å²) >= 11 is 8.85. The molecule has 1 unspecified atom stereocenters. The van der Waals surface area contributed by atoms with Crippen LogP contribution in [0.1, 0.15) is 37.4 Å². The lowest BCUT2D eigenvalue weighted by molar-refractivity contribution is -0.142. The summed E-state index contributed by atoms with van der Waals surface area (Å²) in [6, 6.07) is 3.92. The topological polar surface area (TPSA) is 62.2 Å². The number of nitrogens with zero attached hydrogens (tertiary/aromatic N) is 1. The number of thiophene rings is 1. The number of aromatic nitrogens is 1. The Kier molecular flexibility index (Phi) is 4.36. The number of hydrogen-bond acceptors (Lipinski definition) is 5. The zero-order valence-electron chi connectivity index (χ0n) is 11.3. The van der Waals surface area contributed by atoms with E-state index in [2.05, 4.69) is 10.3 Å². The zero-order valence-corrected chi connectivity index (χ0v) is 13.7. The summed E-state index contributed by atoms with van der Waals surface area (Å²) in [6.45, 7) is 5.32. The molecule has 0 bridgehead atoms. The van der Waals surface area contributed by atoms with Crippen LogP contribution in [0.15, 0.2) is 17.5 Å². The number of carboxylic acids is 1. The third-order valence-electron chi connectivity index (χ3n) is 3.04. The molecule has 0 fully saturated rings. The van der Waals surface area contributed by atoms with Crippen LogP contribution in [0.2, 0.25) is 4.34 Å². The summed E-state index contributed by atoms with van der Waals surface area (Å²) in [4.78, 5) is 16.7. The van der Waals surface area contributed by atoms with Crippen LogP contribution >= 0.6 is 34.3 Å². The van der Waals surface area contributed by atoms with Gasteiger partial charge >= 0.3 is 5.97 Å². The van der Waals surface area contributed by atoms with E-state index in [1.165, 1.54) is 22.7 Å². The molecular weight excluding hydrogens is 316 g/mol. The molecule has 0 radical (unpaired) electrons. The Balaban J connectivity index is 2.12. The molecule has 0 amide bonds. The van der Waals surface area contributed by atoms with Crippen LogP contribution in [-0.2, 0) is 10.2 Å². The van der Waals surface area contributed by atoms with E-state index in [1.54, 1.807) is 19.2 Å². The SMILES string of the molecule is CC(Nc1nc(C(C)(C)C(=O)O)cs1)c1ccc(Cl)s1. The van der Waals surface area contributed by atoms with Crippen LogP contribution in [0.5, 0.6) is 0 Å². The molecule has 7 heteroatoms. The predicted octanol–water partition coefficient (Wildman–Crippen LogP) is 4.39. The highest BCUT2D eigenvalue weighted by Gasteiger charge is 2.32. The molecule has 0 spiro atoms. The van der Waals surface area contributed by atoms with E-state index in [-0.39, 0.29) is 6.04 Å². The third-order valence-corrected chi connectivity index (χ3v) is 5.23. The van der Waals surface area contributed by atoms with E-state index >= 15 is 0 Å². The minimum atomic E-state index is -0.980. The molecule has 2 heterocycles. The van der Waals surface area contributed by atoms with Crippen molar-refractivity contribution in [1.82, 2.24) is 4.98 Å². The second-order valence-corrected chi connectivity index (χ2v) is 7.58. The van der Waals surface area contributed by atoms with Gasteiger partial charge in [0.25, 0.3) is 0 Å². The molecule has 2 aromatic rings. The van der Waals surface area contributed by atoms with Crippen molar-refractivity contribution >= 4 is 45.4 Å². The molecule has 2 rings (SSSR count). The number of halogens is 1. The summed E-state index contributed by atoms with van der Waals surface area (Å²) in [7, 11) is 0. The Morgan fingerprint density at radius 2 is 2.20 bits per heavy atom. The fraction of sp³-hybridized carbons (Fsp3) is 0.385. The van der Waals surface area contributed by atoms with Crippen molar-refractivity contribution in [3.8, 4) is 0 Å². The van der Waals surface area contributed by atoms with Crippen LogP contribution in [0.25, 0.3) is 0 Å². The van der Waals surface area contributed by atoms with Crippen LogP contribution in [0, 0.1) is 0 Å². The van der Waals surface area contributed by atoms with Gasteiger partial charge in [-0.3, -0.25) is 4.79 Å². The fourth-order valence-electron chi connectivity index (χ4n) is 1.55. The Labute approximate surface area is 130 Å². The smallest absolute Gasteiger partial charge is 0.315 e. The molecule has 0 aromatic carbocycles. The summed E-state index contributed by atoms with van der Waals surface area (Å²) in [5.74, 6) is -0.882. The van der Waals surface area contributed by atoms with Gasteiger partial charge in [0, 0.05) is 10.3 Å². The highest BCUT2D eigenvalue weighted by atomic mass is 35.5. The first-order valence-corrected chi connectivity index (χ1v) is 8.09. The Morgan fingerprint density at radius 3 is 2.75 bits per heavy atom. The maximum Gasteiger partial charge on any atom is 0.315 e. The lowest BCUT2D eigenvalue weighted by Crippen LogP contribution is -2.28. The van der Waals surface area contributed by atoms with Crippen LogP contribution in [-0.4, -0.2) is 16.1 Å². The molecule has 20 heavy (non-hydrogen) atoms. The summed E-state index contributed by atoms with van der Waals surface area (Å²) in [6.07, 6.45) is 0. The lowest BCUT2D eigenvalue weighted by atomic mass is 9.90. The van der Waals surface area contributed by atoms with Crippen molar-refractivity contribution in [2.24, 2.45) is 0 Å². The molecule has 1 atom stereocenters. The number of carbonyl (C=O) groups is 1. The maximum absolute atomic E-state index is 11.2. The quantitative estimate of drug-likeness (QED) is 0.853. The van der Waals surface area contributed by atoms with E-state index in [4.69, 9.17) is 11.6 Å². The summed E-state index contributed by atoms with van der Waals surface area (Å²) in [5, 5.41) is 15.0. The standard InChI is InChI=1S/C13H15ClN2O2S2/c1-7(8-4-5-10(14)20-8)15-12-16-9(6-19-12)13(2,3)11(17)18/h4-7H,1-3H3,(H,15,16)(H,17,18). The van der Waals surface area contributed by atoms with Crippen molar-refractivity contribution in [3.63, 3.8) is 0 Å². The van der Waals surface area contributed by atoms with Crippen molar-refractivity contribution in [2.45, 2.75) is 32.2 Å². The van der Waals surface area contributed by atoms with Gasteiger partial charge in [-0.25, -0.2) is 4.98 Å². The number of carboxylic acid groups (broad SMARTS) is 1. The predicted molar refractivity (Wildman–Crippen MR) is 84.1 cm³/mol. The van der Waals surface area contributed by atoms with Crippen molar-refractivity contribution < 1.29 is 9.90 Å². The van der Waals surface area contributed by atoms with Gasteiger partial charge < -0.3 is 10.4 Å². The van der Waals surface area contributed by atoms with Crippen molar-refractivity contribution in [2.75, 3.05) is 5.32 Å². The maximum atomic E-state index is 11.2. The molecule has 0 saturated carbocycles. The molecule has 0 aliphatic rings. The largest absolute Gasteiger partial charge is 0.481 e. The average molecular weight is 331 g/mol. The molecule has 0 aliphatic carbocycles. The first-order chi connectivity index (χ1) is 9.30.